The summed E-state index contributed by atoms with van der Waals surface area (Å²) >= 11 is 0. The van der Waals surface area contributed by atoms with E-state index in [1.807, 2.05) is 19.1 Å². The van der Waals surface area contributed by atoms with E-state index in [2.05, 4.69) is 15.3 Å². The van der Waals surface area contributed by atoms with Crippen molar-refractivity contribution in [2.24, 2.45) is 0 Å². The van der Waals surface area contributed by atoms with E-state index in [0.717, 1.165) is 11.5 Å². The molecule has 0 bridgehead atoms. The number of rotatable bonds is 3. The summed E-state index contributed by atoms with van der Waals surface area (Å²) in [6.45, 7) is 2.35. The average molecular weight is 207 g/mol. The first-order valence-corrected chi connectivity index (χ1v) is 4.51. The van der Waals surface area contributed by atoms with E-state index in [1.54, 1.807) is 0 Å². The number of aromatic nitrogens is 2. The number of furan rings is 1. The maximum absolute atomic E-state index is 12.7. The van der Waals surface area contributed by atoms with Gasteiger partial charge in [-0.25, -0.2) is 9.97 Å². The van der Waals surface area contributed by atoms with Crippen LogP contribution < -0.4 is 5.32 Å². The first kappa shape index (κ1) is 9.64. The predicted octanol–water partition coefficient (Wildman–Crippen LogP) is 2.13. The number of halogens is 1. The summed E-state index contributed by atoms with van der Waals surface area (Å²) in [6, 6.07) is 4.97. The van der Waals surface area contributed by atoms with Crippen LogP contribution in [-0.4, -0.2) is 9.97 Å². The van der Waals surface area contributed by atoms with Crippen molar-refractivity contribution in [3.05, 3.63) is 42.0 Å². The summed E-state index contributed by atoms with van der Waals surface area (Å²) in [4.78, 5) is 7.22. The molecule has 0 spiro atoms. The topological polar surface area (TPSA) is 51.0 Å². The lowest BCUT2D eigenvalue weighted by Gasteiger charge is -2.01. The van der Waals surface area contributed by atoms with Gasteiger partial charge in [-0.15, -0.1) is 0 Å². The highest BCUT2D eigenvalue weighted by atomic mass is 19.1. The van der Waals surface area contributed by atoms with Crippen molar-refractivity contribution in [3.63, 3.8) is 0 Å². The predicted molar refractivity (Wildman–Crippen MR) is 52.8 cm³/mol. The average Bonchev–Trinajstić information content (AvgIpc) is 2.62. The van der Waals surface area contributed by atoms with Crippen molar-refractivity contribution in [3.8, 4) is 0 Å². The van der Waals surface area contributed by atoms with Crippen molar-refractivity contribution in [1.82, 2.24) is 9.97 Å². The molecular formula is C10H10FN3O. The van der Waals surface area contributed by atoms with Gasteiger partial charge < -0.3 is 9.73 Å². The SMILES string of the molecule is Cc1ccc(CNc2cc(F)ncn2)o1. The second kappa shape index (κ2) is 4.08. The minimum absolute atomic E-state index is 0.441. The molecule has 0 unspecified atom stereocenters. The van der Waals surface area contributed by atoms with Crippen LogP contribution in [0.25, 0.3) is 0 Å². The number of nitrogens with zero attached hydrogens (tertiary/aromatic N) is 2. The summed E-state index contributed by atoms with van der Waals surface area (Å²) in [7, 11) is 0. The molecule has 1 N–H and O–H groups in total. The molecule has 0 aliphatic carbocycles. The van der Waals surface area contributed by atoms with E-state index < -0.39 is 5.95 Å². The zero-order chi connectivity index (χ0) is 10.7. The fourth-order valence-corrected chi connectivity index (χ4v) is 1.19. The number of anilines is 1. The van der Waals surface area contributed by atoms with Crippen molar-refractivity contribution in [1.29, 1.82) is 0 Å². The Morgan fingerprint density at radius 2 is 2.27 bits per heavy atom. The van der Waals surface area contributed by atoms with E-state index in [4.69, 9.17) is 4.42 Å². The van der Waals surface area contributed by atoms with Crippen LogP contribution in [0.4, 0.5) is 10.2 Å². The van der Waals surface area contributed by atoms with Gasteiger partial charge in [0.2, 0.25) is 5.95 Å². The lowest BCUT2D eigenvalue weighted by Crippen LogP contribution is -2.01. The van der Waals surface area contributed by atoms with Gasteiger partial charge in [-0.3, -0.25) is 0 Å². The summed E-state index contributed by atoms with van der Waals surface area (Å²) in [5.74, 6) is 1.52. The Hall–Kier alpha value is -1.91. The molecule has 0 saturated heterocycles. The fourth-order valence-electron chi connectivity index (χ4n) is 1.19. The van der Waals surface area contributed by atoms with Gasteiger partial charge in [-0.1, -0.05) is 0 Å². The molecule has 0 aliphatic rings. The summed E-state index contributed by atoms with van der Waals surface area (Å²) in [6.07, 6.45) is 1.17. The van der Waals surface area contributed by atoms with Gasteiger partial charge in [0.05, 0.1) is 6.54 Å². The quantitative estimate of drug-likeness (QED) is 0.783. The zero-order valence-corrected chi connectivity index (χ0v) is 8.20. The highest BCUT2D eigenvalue weighted by molar-refractivity contribution is 5.32. The number of nitrogens with one attached hydrogen (secondary N) is 1. The van der Waals surface area contributed by atoms with Crippen LogP contribution in [0.3, 0.4) is 0 Å². The first-order chi connectivity index (χ1) is 7.24. The van der Waals surface area contributed by atoms with Gasteiger partial charge in [0, 0.05) is 6.07 Å². The molecular weight excluding hydrogens is 197 g/mol. The van der Waals surface area contributed by atoms with Crippen LogP contribution in [0, 0.1) is 12.9 Å². The molecule has 0 saturated carbocycles. The molecule has 0 amide bonds. The maximum Gasteiger partial charge on any atom is 0.217 e. The maximum atomic E-state index is 12.7. The summed E-state index contributed by atoms with van der Waals surface area (Å²) < 4.78 is 18.0. The van der Waals surface area contributed by atoms with E-state index in [0.29, 0.717) is 12.4 Å². The lowest BCUT2D eigenvalue weighted by atomic mass is 10.4. The Kier molecular flexibility index (Phi) is 2.62. The highest BCUT2D eigenvalue weighted by Gasteiger charge is 2.00. The Morgan fingerprint density at radius 1 is 1.40 bits per heavy atom. The van der Waals surface area contributed by atoms with E-state index in [-0.39, 0.29) is 0 Å². The van der Waals surface area contributed by atoms with Crippen molar-refractivity contribution in [2.45, 2.75) is 13.5 Å². The van der Waals surface area contributed by atoms with Crippen molar-refractivity contribution in [2.75, 3.05) is 5.32 Å². The van der Waals surface area contributed by atoms with Crippen LogP contribution in [0.1, 0.15) is 11.5 Å². The van der Waals surface area contributed by atoms with Crippen LogP contribution in [0.2, 0.25) is 0 Å². The molecule has 78 valence electrons. The first-order valence-electron chi connectivity index (χ1n) is 4.51. The van der Waals surface area contributed by atoms with Crippen LogP contribution in [0.15, 0.2) is 28.9 Å². The smallest absolute Gasteiger partial charge is 0.217 e. The van der Waals surface area contributed by atoms with Gasteiger partial charge in [0.15, 0.2) is 0 Å². The van der Waals surface area contributed by atoms with Gasteiger partial charge >= 0.3 is 0 Å². The molecule has 2 aromatic heterocycles. The monoisotopic (exact) mass is 207 g/mol. The largest absolute Gasteiger partial charge is 0.465 e. The van der Waals surface area contributed by atoms with E-state index in [1.165, 1.54) is 12.4 Å². The van der Waals surface area contributed by atoms with Crippen molar-refractivity contribution >= 4 is 5.82 Å². The van der Waals surface area contributed by atoms with E-state index >= 15 is 0 Å². The third-order valence-corrected chi connectivity index (χ3v) is 1.87. The minimum atomic E-state index is -0.553. The molecule has 15 heavy (non-hydrogen) atoms. The summed E-state index contributed by atoms with van der Waals surface area (Å²) in [5, 5.41) is 2.93. The zero-order valence-electron chi connectivity index (χ0n) is 8.20. The molecule has 4 nitrogen and oxygen atoms in total. The molecule has 0 radical (unpaired) electrons. The lowest BCUT2D eigenvalue weighted by molar-refractivity contribution is 0.490. The molecule has 2 aromatic rings. The molecule has 5 heteroatoms. The third kappa shape index (κ3) is 2.52. The third-order valence-electron chi connectivity index (χ3n) is 1.87. The highest BCUT2D eigenvalue weighted by Crippen LogP contribution is 2.09. The molecule has 2 rings (SSSR count). The van der Waals surface area contributed by atoms with Crippen LogP contribution in [-0.2, 0) is 6.54 Å². The Morgan fingerprint density at radius 3 is 2.93 bits per heavy atom. The molecule has 0 atom stereocenters. The second-order valence-corrected chi connectivity index (χ2v) is 3.09. The number of hydrogen-bond acceptors (Lipinski definition) is 4. The summed E-state index contributed by atoms with van der Waals surface area (Å²) in [5.41, 5.74) is 0. The second-order valence-electron chi connectivity index (χ2n) is 3.09. The Labute approximate surface area is 86.2 Å². The van der Waals surface area contributed by atoms with Gasteiger partial charge in [0.25, 0.3) is 0 Å². The minimum Gasteiger partial charge on any atom is -0.465 e. The Balaban J connectivity index is 1.99. The van der Waals surface area contributed by atoms with Gasteiger partial charge in [0.1, 0.15) is 23.7 Å². The molecule has 0 fully saturated rings. The molecule has 0 aliphatic heterocycles. The van der Waals surface area contributed by atoms with Crippen LogP contribution >= 0.6 is 0 Å². The molecule has 2 heterocycles. The Bertz CT molecular complexity index is 455. The number of hydrogen-bond donors (Lipinski definition) is 1. The van der Waals surface area contributed by atoms with E-state index in [9.17, 15) is 4.39 Å². The number of aryl methyl sites for hydroxylation is 1. The van der Waals surface area contributed by atoms with Crippen molar-refractivity contribution < 1.29 is 8.81 Å². The van der Waals surface area contributed by atoms with Gasteiger partial charge in [-0.05, 0) is 19.1 Å². The standard InChI is InChI=1S/C10H10FN3O/c1-7-2-3-8(15-7)5-12-10-4-9(11)13-6-14-10/h2-4,6H,5H2,1H3,(H,12,13,14). The van der Waals surface area contributed by atoms with Crippen LogP contribution in [0.5, 0.6) is 0 Å². The fraction of sp³-hybridized carbons (Fsp3) is 0.200. The molecule has 0 aromatic carbocycles. The van der Waals surface area contributed by atoms with Gasteiger partial charge in [-0.2, -0.15) is 4.39 Å². The normalized spacial score (nSPS) is 10.3.